The lowest BCUT2D eigenvalue weighted by atomic mass is 10.1. The minimum absolute atomic E-state index is 0.302. The second-order valence-corrected chi connectivity index (χ2v) is 4.39. The third kappa shape index (κ3) is 2.13. The normalized spacial score (nSPS) is 37.9. The van der Waals surface area contributed by atoms with Crippen molar-refractivity contribution in [1.29, 1.82) is 0 Å². The number of rotatable bonds is 2. The van der Waals surface area contributed by atoms with Crippen LogP contribution in [0.1, 0.15) is 6.92 Å². The quantitative estimate of drug-likeness (QED) is 0.476. The van der Waals surface area contributed by atoms with Gasteiger partial charge in [-0.25, -0.2) is 4.99 Å². The van der Waals surface area contributed by atoms with Crippen LogP contribution in [-0.4, -0.2) is 56.7 Å². The van der Waals surface area contributed by atoms with Crippen molar-refractivity contribution < 1.29 is 20.1 Å². The number of hydrogen-bond donors (Lipinski definition) is 4. The molecule has 0 aromatic heterocycles. The van der Waals surface area contributed by atoms with Crippen LogP contribution in [0.3, 0.4) is 0 Å². The maximum Gasteiger partial charge on any atom is 0.164 e. The summed E-state index contributed by atoms with van der Waals surface area (Å²) in [6, 6.07) is 0. The molecule has 1 fully saturated rings. The second-order valence-electron chi connectivity index (χ2n) is 4.39. The molecule has 5 N–H and O–H groups in total. The van der Waals surface area contributed by atoms with Crippen LogP contribution in [0.5, 0.6) is 0 Å². The summed E-state index contributed by atoms with van der Waals surface area (Å²) < 4.78 is 5.45. The molecule has 2 rings (SSSR count). The maximum atomic E-state index is 9.93. The summed E-state index contributed by atoms with van der Waals surface area (Å²) in [6.07, 6.45) is -1.83. The number of aliphatic imine (C=N–C) groups is 1. The molecule has 0 spiro atoms. The molecule has 100 valence electrons. The van der Waals surface area contributed by atoms with Crippen molar-refractivity contribution in [3.05, 3.63) is 24.7 Å². The number of hydrogen-bond acceptors (Lipinski definition) is 7. The zero-order chi connectivity index (χ0) is 13.4. The highest BCUT2D eigenvalue weighted by Gasteiger charge is 2.47. The number of nitrogens with two attached hydrogens (primary N) is 1. The van der Waals surface area contributed by atoms with E-state index in [9.17, 15) is 15.3 Å². The van der Waals surface area contributed by atoms with Gasteiger partial charge in [0.05, 0.1) is 6.10 Å². The van der Waals surface area contributed by atoms with Crippen molar-refractivity contribution in [3.8, 4) is 0 Å². The van der Waals surface area contributed by atoms with Gasteiger partial charge in [0.15, 0.2) is 6.23 Å². The number of aliphatic hydroxyl groups excluding tert-OH is 3. The predicted molar refractivity (Wildman–Crippen MR) is 64.1 cm³/mol. The van der Waals surface area contributed by atoms with E-state index in [1.165, 1.54) is 17.9 Å². The van der Waals surface area contributed by atoms with Gasteiger partial charge in [-0.05, 0) is 13.0 Å². The summed E-state index contributed by atoms with van der Waals surface area (Å²) in [7, 11) is 0. The van der Waals surface area contributed by atoms with Crippen molar-refractivity contribution >= 4 is 5.84 Å². The molecule has 0 radical (unpaired) electrons. The lowest BCUT2D eigenvalue weighted by Gasteiger charge is -2.30. The van der Waals surface area contributed by atoms with Crippen molar-refractivity contribution in [1.82, 2.24) is 4.90 Å². The standard InChI is InChI=1S/C11H17N3O4/c1-5(15)10-8(16)9(17)11(18-10)14-4-3-7(12)13-6(14)2/h3-5,8-11,15-17H,2H2,1H3,(H2,12,13)/t5-,8-,9-,10+,11+/m0/s1. The molecule has 0 aromatic rings. The molecule has 18 heavy (non-hydrogen) atoms. The molecule has 7 nitrogen and oxygen atoms in total. The highest BCUT2D eigenvalue weighted by molar-refractivity contribution is 5.92. The molecule has 0 saturated carbocycles. The van der Waals surface area contributed by atoms with Crippen LogP contribution in [-0.2, 0) is 4.74 Å². The first-order valence-electron chi connectivity index (χ1n) is 5.61. The van der Waals surface area contributed by atoms with Gasteiger partial charge in [0, 0.05) is 6.20 Å². The van der Waals surface area contributed by atoms with E-state index in [0.717, 1.165) is 0 Å². The van der Waals surface area contributed by atoms with E-state index in [2.05, 4.69) is 11.6 Å². The SMILES string of the molecule is C=C1N=C(N)C=CN1[C@@H]1O[C@H]([C@H](C)O)[C@@H](O)[C@@H]1O. The molecule has 5 atom stereocenters. The molecule has 0 bridgehead atoms. The van der Waals surface area contributed by atoms with Gasteiger partial charge in [0.25, 0.3) is 0 Å². The van der Waals surface area contributed by atoms with E-state index in [4.69, 9.17) is 10.5 Å². The van der Waals surface area contributed by atoms with Gasteiger partial charge in [0.2, 0.25) is 0 Å². The van der Waals surface area contributed by atoms with Crippen molar-refractivity contribution in [2.45, 2.75) is 37.6 Å². The molecule has 2 aliphatic heterocycles. The molecular weight excluding hydrogens is 238 g/mol. The largest absolute Gasteiger partial charge is 0.391 e. The smallest absolute Gasteiger partial charge is 0.164 e. The van der Waals surface area contributed by atoms with E-state index >= 15 is 0 Å². The van der Waals surface area contributed by atoms with Crippen LogP contribution in [0, 0.1) is 0 Å². The van der Waals surface area contributed by atoms with Gasteiger partial charge >= 0.3 is 0 Å². The number of aliphatic hydroxyl groups is 3. The topological polar surface area (TPSA) is 112 Å². The molecule has 0 unspecified atom stereocenters. The Hall–Kier alpha value is -1.41. The van der Waals surface area contributed by atoms with Gasteiger partial charge in [0.1, 0.15) is 30.0 Å². The first-order chi connectivity index (χ1) is 8.41. The van der Waals surface area contributed by atoms with E-state index in [0.29, 0.717) is 11.7 Å². The monoisotopic (exact) mass is 255 g/mol. The van der Waals surface area contributed by atoms with Crippen LogP contribution < -0.4 is 5.73 Å². The molecular formula is C11H17N3O4. The Kier molecular flexibility index (Phi) is 3.40. The van der Waals surface area contributed by atoms with Gasteiger partial charge in [-0.2, -0.15) is 0 Å². The van der Waals surface area contributed by atoms with E-state index < -0.39 is 30.6 Å². The fourth-order valence-electron chi connectivity index (χ4n) is 2.03. The Morgan fingerprint density at radius 1 is 1.50 bits per heavy atom. The summed E-state index contributed by atoms with van der Waals surface area (Å²) >= 11 is 0. The van der Waals surface area contributed by atoms with Crippen molar-refractivity contribution in [2.75, 3.05) is 0 Å². The van der Waals surface area contributed by atoms with Gasteiger partial charge < -0.3 is 30.7 Å². The Morgan fingerprint density at radius 3 is 2.67 bits per heavy atom. The lowest BCUT2D eigenvalue weighted by Crippen LogP contribution is -2.42. The first-order valence-corrected chi connectivity index (χ1v) is 5.61. The van der Waals surface area contributed by atoms with E-state index in [1.807, 2.05) is 0 Å². The molecule has 0 amide bonds. The zero-order valence-electron chi connectivity index (χ0n) is 9.97. The number of nitrogens with zero attached hydrogens (tertiary/aromatic N) is 2. The zero-order valence-corrected chi connectivity index (χ0v) is 9.97. The highest BCUT2D eigenvalue weighted by Crippen LogP contribution is 2.29. The number of ether oxygens (including phenoxy) is 1. The van der Waals surface area contributed by atoms with Crippen LogP contribution in [0.2, 0.25) is 0 Å². The Balaban J connectivity index is 2.16. The minimum atomic E-state index is -1.17. The average Bonchev–Trinajstić information content (AvgIpc) is 2.57. The predicted octanol–water partition coefficient (Wildman–Crippen LogP) is -1.53. The summed E-state index contributed by atoms with van der Waals surface area (Å²) in [5.41, 5.74) is 5.51. The summed E-state index contributed by atoms with van der Waals surface area (Å²) in [5.74, 6) is 0.605. The molecule has 2 aliphatic rings. The van der Waals surface area contributed by atoms with Crippen LogP contribution in [0.4, 0.5) is 0 Å². The fourth-order valence-corrected chi connectivity index (χ4v) is 2.03. The average molecular weight is 255 g/mol. The molecule has 1 saturated heterocycles. The Labute approximate surface area is 104 Å². The third-order valence-electron chi connectivity index (χ3n) is 2.99. The minimum Gasteiger partial charge on any atom is -0.391 e. The van der Waals surface area contributed by atoms with Gasteiger partial charge in [-0.15, -0.1) is 0 Å². The highest BCUT2D eigenvalue weighted by atomic mass is 16.6. The Morgan fingerprint density at radius 2 is 2.17 bits per heavy atom. The van der Waals surface area contributed by atoms with Crippen LogP contribution >= 0.6 is 0 Å². The van der Waals surface area contributed by atoms with E-state index in [-0.39, 0.29) is 0 Å². The van der Waals surface area contributed by atoms with Crippen LogP contribution in [0.15, 0.2) is 29.7 Å². The lowest BCUT2D eigenvalue weighted by molar-refractivity contribution is -0.0899. The summed E-state index contributed by atoms with van der Waals surface area (Å²) in [6.45, 7) is 5.18. The number of amidine groups is 1. The molecule has 0 aromatic carbocycles. The van der Waals surface area contributed by atoms with E-state index in [1.54, 1.807) is 6.20 Å². The van der Waals surface area contributed by atoms with Gasteiger partial charge in [-0.1, -0.05) is 6.58 Å². The Bertz CT molecular complexity index is 407. The first kappa shape index (κ1) is 13.0. The van der Waals surface area contributed by atoms with Crippen molar-refractivity contribution in [3.63, 3.8) is 0 Å². The van der Waals surface area contributed by atoms with Crippen molar-refractivity contribution in [2.24, 2.45) is 10.7 Å². The summed E-state index contributed by atoms with van der Waals surface area (Å²) in [4.78, 5) is 5.41. The molecule has 0 aliphatic carbocycles. The maximum absolute atomic E-state index is 9.93. The van der Waals surface area contributed by atoms with Crippen LogP contribution in [0.25, 0.3) is 0 Å². The molecule has 7 heteroatoms. The molecule has 2 heterocycles. The third-order valence-corrected chi connectivity index (χ3v) is 2.99. The van der Waals surface area contributed by atoms with Gasteiger partial charge in [-0.3, -0.25) is 0 Å². The fraction of sp³-hybridized carbons (Fsp3) is 0.545. The summed E-state index contributed by atoms with van der Waals surface area (Å²) in [5, 5.41) is 29.2. The second kappa shape index (κ2) is 4.69.